The fourth-order valence-electron chi connectivity index (χ4n) is 3.53. The van der Waals surface area contributed by atoms with E-state index in [2.05, 4.69) is 29.2 Å². The van der Waals surface area contributed by atoms with Gasteiger partial charge in [0, 0.05) is 12.6 Å². The molecule has 26 heavy (non-hydrogen) atoms. The number of carbonyl (C=O) groups excluding carboxylic acids is 1. The minimum Gasteiger partial charge on any atom is -0.497 e. The molecule has 0 spiro atoms. The van der Waals surface area contributed by atoms with Crippen molar-refractivity contribution >= 4 is 5.91 Å². The number of nitrogens with zero attached hydrogens (tertiary/aromatic N) is 1. The summed E-state index contributed by atoms with van der Waals surface area (Å²) < 4.78 is 10.8. The van der Waals surface area contributed by atoms with Crippen molar-refractivity contribution in [3.05, 3.63) is 59.7 Å². The smallest absolute Gasteiger partial charge is 0.255 e. The third-order valence-electron chi connectivity index (χ3n) is 4.76. The molecule has 5 nitrogen and oxygen atoms in total. The highest BCUT2D eigenvalue weighted by Gasteiger charge is 2.24. The molecule has 3 rings (SSSR count). The number of primary amides is 1. The van der Waals surface area contributed by atoms with Crippen molar-refractivity contribution in [2.24, 2.45) is 5.73 Å². The summed E-state index contributed by atoms with van der Waals surface area (Å²) in [6.45, 7) is 1.81. The normalized spacial score (nSPS) is 17.7. The number of nitrogens with two attached hydrogens (primary N) is 1. The average Bonchev–Trinajstić information content (AvgIpc) is 2.67. The summed E-state index contributed by atoms with van der Waals surface area (Å²) in [4.78, 5) is 13.4. The van der Waals surface area contributed by atoms with Crippen molar-refractivity contribution in [3.63, 3.8) is 0 Å². The van der Waals surface area contributed by atoms with Crippen LogP contribution in [0.3, 0.4) is 0 Å². The molecule has 1 atom stereocenters. The first kappa shape index (κ1) is 18.3. The summed E-state index contributed by atoms with van der Waals surface area (Å²) >= 11 is 0. The number of hydrogen-bond acceptors (Lipinski definition) is 4. The van der Waals surface area contributed by atoms with Gasteiger partial charge in [-0.3, -0.25) is 9.69 Å². The Morgan fingerprint density at radius 3 is 2.77 bits per heavy atom. The summed E-state index contributed by atoms with van der Waals surface area (Å²) in [6.07, 6.45) is 3.59. The third kappa shape index (κ3) is 4.76. The summed E-state index contributed by atoms with van der Waals surface area (Å²) in [5.41, 5.74) is 7.62. The average molecular weight is 354 g/mol. The second-order valence-corrected chi connectivity index (χ2v) is 6.66. The second-order valence-electron chi connectivity index (χ2n) is 6.66. The molecule has 1 fully saturated rings. The van der Waals surface area contributed by atoms with Crippen LogP contribution in [0.5, 0.6) is 11.5 Å². The lowest BCUT2D eigenvalue weighted by Crippen LogP contribution is -2.32. The Morgan fingerprint density at radius 2 is 1.96 bits per heavy atom. The van der Waals surface area contributed by atoms with E-state index in [1.165, 1.54) is 24.0 Å². The SMILES string of the molecule is COc1cccc([C@@H]2CCCCN2Cc2cccc(OCC(N)=O)c2)c1. The minimum absolute atomic E-state index is 0.0976. The molecule has 0 aromatic heterocycles. The minimum atomic E-state index is -0.468. The molecule has 0 radical (unpaired) electrons. The van der Waals surface area contributed by atoms with Crippen LogP contribution < -0.4 is 15.2 Å². The monoisotopic (exact) mass is 354 g/mol. The first-order valence-corrected chi connectivity index (χ1v) is 9.04. The number of rotatable bonds is 7. The summed E-state index contributed by atoms with van der Waals surface area (Å²) in [5.74, 6) is 1.11. The van der Waals surface area contributed by atoms with Gasteiger partial charge in [-0.1, -0.05) is 30.7 Å². The van der Waals surface area contributed by atoms with Crippen molar-refractivity contribution < 1.29 is 14.3 Å². The van der Waals surface area contributed by atoms with Crippen LogP contribution in [0.25, 0.3) is 0 Å². The Morgan fingerprint density at radius 1 is 1.15 bits per heavy atom. The van der Waals surface area contributed by atoms with Crippen LogP contribution in [0.1, 0.15) is 36.4 Å². The number of carbonyl (C=O) groups is 1. The van der Waals surface area contributed by atoms with E-state index < -0.39 is 5.91 Å². The van der Waals surface area contributed by atoms with Crippen molar-refractivity contribution in [3.8, 4) is 11.5 Å². The van der Waals surface area contributed by atoms with Gasteiger partial charge >= 0.3 is 0 Å². The molecular formula is C21H26N2O3. The zero-order valence-electron chi connectivity index (χ0n) is 15.2. The lowest BCUT2D eigenvalue weighted by molar-refractivity contribution is -0.119. The van der Waals surface area contributed by atoms with Gasteiger partial charge in [-0.15, -0.1) is 0 Å². The van der Waals surface area contributed by atoms with E-state index >= 15 is 0 Å². The van der Waals surface area contributed by atoms with Gasteiger partial charge in [0.1, 0.15) is 11.5 Å². The van der Waals surface area contributed by atoms with Gasteiger partial charge in [-0.25, -0.2) is 0 Å². The Bertz CT molecular complexity index is 748. The van der Waals surface area contributed by atoms with Crippen LogP contribution in [0.15, 0.2) is 48.5 Å². The highest BCUT2D eigenvalue weighted by molar-refractivity contribution is 5.75. The van der Waals surface area contributed by atoms with E-state index in [4.69, 9.17) is 15.2 Å². The van der Waals surface area contributed by atoms with Crippen LogP contribution >= 0.6 is 0 Å². The summed E-state index contributed by atoms with van der Waals surface area (Å²) in [6, 6.07) is 16.6. The van der Waals surface area contributed by atoms with Gasteiger partial charge in [0.25, 0.3) is 5.91 Å². The standard InChI is InChI=1S/C21H26N2O3/c1-25-18-8-5-7-17(13-18)20-10-2-3-11-23(20)14-16-6-4-9-19(12-16)26-15-21(22)24/h4-9,12-13,20H,2-3,10-11,14-15H2,1H3,(H2,22,24)/t20-/m0/s1. The summed E-state index contributed by atoms with van der Waals surface area (Å²) in [5, 5.41) is 0. The van der Waals surface area contributed by atoms with E-state index in [1.54, 1.807) is 7.11 Å². The lowest BCUT2D eigenvalue weighted by atomic mass is 9.94. The Kier molecular flexibility index (Phi) is 6.12. The first-order chi connectivity index (χ1) is 12.7. The van der Waals surface area contributed by atoms with E-state index in [-0.39, 0.29) is 6.61 Å². The highest BCUT2D eigenvalue weighted by Crippen LogP contribution is 2.33. The van der Waals surface area contributed by atoms with Gasteiger partial charge in [-0.2, -0.15) is 0 Å². The molecular weight excluding hydrogens is 328 g/mol. The number of benzene rings is 2. The van der Waals surface area contributed by atoms with Crippen molar-refractivity contribution in [1.29, 1.82) is 0 Å². The largest absolute Gasteiger partial charge is 0.497 e. The topological polar surface area (TPSA) is 64.8 Å². The Labute approximate surface area is 154 Å². The number of piperidine rings is 1. The van der Waals surface area contributed by atoms with Crippen LogP contribution in [-0.4, -0.2) is 31.1 Å². The fourth-order valence-corrected chi connectivity index (χ4v) is 3.53. The van der Waals surface area contributed by atoms with Crippen LogP contribution in [-0.2, 0) is 11.3 Å². The van der Waals surface area contributed by atoms with Crippen molar-refractivity contribution in [1.82, 2.24) is 4.90 Å². The quantitative estimate of drug-likeness (QED) is 0.829. The van der Waals surface area contributed by atoms with E-state index in [0.717, 1.165) is 25.3 Å². The van der Waals surface area contributed by atoms with E-state index in [9.17, 15) is 4.79 Å². The molecule has 1 amide bonds. The molecule has 2 aromatic carbocycles. The molecule has 0 saturated carbocycles. The number of ether oxygens (including phenoxy) is 2. The summed E-state index contributed by atoms with van der Waals surface area (Å²) in [7, 11) is 1.70. The molecule has 2 aromatic rings. The third-order valence-corrected chi connectivity index (χ3v) is 4.76. The molecule has 1 heterocycles. The number of methoxy groups -OCH3 is 1. The molecule has 1 saturated heterocycles. The van der Waals surface area contributed by atoms with Gasteiger partial charge in [0.2, 0.25) is 0 Å². The molecule has 1 aliphatic heterocycles. The highest BCUT2D eigenvalue weighted by atomic mass is 16.5. The van der Waals surface area contributed by atoms with Gasteiger partial charge < -0.3 is 15.2 Å². The van der Waals surface area contributed by atoms with Crippen LogP contribution in [0, 0.1) is 0 Å². The van der Waals surface area contributed by atoms with Crippen LogP contribution in [0.4, 0.5) is 0 Å². The van der Waals surface area contributed by atoms with Crippen molar-refractivity contribution in [2.45, 2.75) is 31.8 Å². The molecule has 0 bridgehead atoms. The zero-order valence-corrected chi connectivity index (χ0v) is 15.2. The molecule has 5 heteroatoms. The zero-order chi connectivity index (χ0) is 18.4. The number of hydrogen-bond donors (Lipinski definition) is 1. The number of likely N-dealkylation sites (tertiary alicyclic amines) is 1. The first-order valence-electron chi connectivity index (χ1n) is 9.04. The Balaban J connectivity index is 1.74. The van der Waals surface area contributed by atoms with Gasteiger partial charge in [-0.05, 0) is 54.8 Å². The molecule has 0 unspecified atom stereocenters. The Hall–Kier alpha value is -2.53. The van der Waals surface area contributed by atoms with Gasteiger partial charge in [0.05, 0.1) is 7.11 Å². The lowest BCUT2D eigenvalue weighted by Gasteiger charge is -2.36. The molecule has 138 valence electrons. The molecule has 1 aliphatic rings. The molecule has 0 aliphatic carbocycles. The maximum Gasteiger partial charge on any atom is 0.255 e. The van der Waals surface area contributed by atoms with Crippen LogP contribution in [0.2, 0.25) is 0 Å². The van der Waals surface area contributed by atoms with E-state index in [1.807, 2.05) is 24.3 Å². The van der Waals surface area contributed by atoms with Crippen molar-refractivity contribution in [2.75, 3.05) is 20.3 Å². The predicted molar refractivity (Wildman–Crippen MR) is 101 cm³/mol. The maximum absolute atomic E-state index is 10.9. The van der Waals surface area contributed by atoms with E-state index in [0.29, 0.717) is 11.8 Å². The van der Waals surface area contributed by atoms with Gasteiger partial charge in [0.15, 0.2) is 6.61 Å². The second kappa shape index (κ2) is 8.72. The molecule has 2 N–H and O–H groups in total. The fraction of sp³-hybridized carbons (Fsp3) is 0.381. The maximum atomic E-state index is 10.9. The predicted octanol–water partition coefficient (Wildman–Crippen LogP) is 3.29. The number of amides is 1.